The van der Waals surface area contributed by atoms with Gasteiger partial charge in [-0.05, 0) is 37.5 Å². The van der Waals surface area contributed by atoms with Crippen LogP contribution in [0, 0.1) is 5.82 Å². The fourth-order valence-corrected chi connectivity index (χ4v) is 3.73. The molecule has 1 aromatic carbocycles. The van der Waals surface area contributed by atoms with E-state index in [9.17, 15) is 17.6 Å². The molecule has 1 saturated heterocycles. The summed E-state index contributed by atoms with van der Waals surface area (Å²) in [6.07, 6.45) is 1.71. The van der Waals surface area contributed by atoms with Crippen molar-refractivity contribution in [3.8, 4) is 0 Å². The van der Waals surface area contributed by atoms with Crippen LogP contribution in [0.15, 0.2) is 29.2 Å². The number of hydrogen-bond acceptors (Lipinski definition) is 3. The van der Waals surface area contributed by atoms with Crippen LogP contribution in [-0.4, -0.2) is 26.1 Å². The Hall–Kier alpha value is -1.43. The molecule has 2 rings (SSSR count). The first-order valence-electron chi connectivity index (χ1n) is 5.79. The molecule has 0 saturated carbocycles. The molecule has 1 N–H and O–H groups in total. The van der Waals surface area contributed by atoms with Crippen LogP contribution >= 0.6 is 0 Å². The summed E-state index contributed by atoms with van der Waals surface area (Å²) in [7, 11) is -3.81. The second kappa shape index (κ2) is 5.06. The molecule has 18 heavy (non-hydrogen) atoms. The smallest absolute Gasteiger partial charge is 0.238 e. The highest BCUT2D eigenvalue weighted by Gasteiger charge is 2.34. The van der Waals surface area contributed by atoms with Gasteiger partial charge >= 0.3 is 0 Å². The molecule has 0 radical (unpaired) electrons. The number of halogens is 1. The van der Waals surface area contributed by atoms with Gasteiger partial charge in [-0.3, -0.25) is 4.79 Å². The van der Waals surface area contributed by atoms with E-state index in [0.717, 1.165) is 12.5 Å². The van der Waals surface area contributed by atoms with Gasteiger partial charge in [0.25, 0.3) is 0 Å². The number of hydrogen-bond donors (Lipinski definition) is 1. The van der Waals surface area contributed by atoms with E-state index in [4.69, 9.17) is 0 Å². The van der Waals surface area contributed by atoms with Crippen LogP contribution in [-0.2, 0) is 14.6 Å². The van der Waals surface area contributed by atoms with Gasteiger partial charge in [0.2, 0.25) is 5.91 Å². The molecule has 0 aromatic heterocycles. The van der Waals surface area contributed by atoms with Crippen molar-refractivity contribution in [2.75, 3.05) is 6.54 Å². The molecule has 6 heteroatoms. The summed E-state index contributed by atoms with van der Waals surface area (Å²) >= 11 is 0. The van der Waals surface area contributed by atoms with E-state index < -0.39 is 26.8 Å². The van der Waals surface area contributed by atoms with Crippen LogP contribution in [0.1, 0.15) is 19.3 Å². The van der Waals surface area contributed by atoms with Crippen molar-refractivity contribution >= 4 is 15.7 Å². The van der Waals surface area contributed by atoms with E-state index >= 15 is 0 Å². The summed E-state index contributed by atoms with van der Waals surface area (Å²) in [5.41, 5.74) is 0. The van der Waals surface area contributed by atoms with Gasteiger partial charge in [0.05, 0.1) is 4.90 Å². The SMILES string of the molecule is O=C1NCCCCC1S(=O)(=O)c1cccc(F)c1. The molecule has 1 aliphatic heterocycles. The molecule has 0 bridgehead atoms. The molecule has 4 nitrogen and oxygen atoms in total. The predicted octanol–water partition coefficient (Wildman–Crippen LogP) is 1.27. The topological polar surface area (TPSA) is 63.2 Å². The van der Waals surface area contributed by atoms with E-state index in [-0.39, 0.29) is 11.3 Å². The Bertz CT molecular complexity index is 556. The summed E-state index contributed by atoms with van der Waals surface area (Å²) in [5, 5.41) is 1.46. The van der Waals surface area contributed by atoms with Crippen molar-refractivity contribution in [2.24, 2.45) is 0 Å². The van der Waals surface area contributed by atoms with Gasteiger partial charge in [-0.2, -0.15) is 0 Å². The lowest BCUT2D eigenvalue weighted by Gasteiger charge is -2.14. The Morgan fingerprint density at radius 2 is 2.06 bits per heavy atom. The summed E-state index contributed by atoms with van der Waals surface area (Å²) < 4.78 is 37.6. The molecule has 1 atom stereocenters. The number of benzene rings is 1. The number of carbonyl (C=O) groups is 1. The molecule has 1 aliphatic rings. The monoisotopic (exact) mass is 271 g/mol. The zero-order chi connectivity index (χ0) is 13.2. The van der Waals surface area contributed by atoms with E-state index in [0.29, 0.717) is 13.0 Å². The standard InChI is InChI=1S/C12H14FNO3S/c13-9-4-3-5-10(8-9)18(16,17)11-6-1-2-7-14-12(11)15/h3-5,8,11H,1-2,6-7H2,(H,14,15). The molecule has 1 heterocycles. The maximum Gasteiger partial charge on any atom is 0.238 e. The van der Waals surface area contributed by atoms with Crippen LogP contribution in [0.5, 0.6) is 0 Å². The normalized spacial score (nSPS) is 21.2. The van der Waals surface area contributed by atoms with Crippen molar-refractivity contribution in [1.29, 1.82) is 0 Å². The molecule has 1 aromatic rings. The number of rotatable bonds is 2. The van der Waals surface area contributed by atoms with Gasteiger partial charge in [0.15, 0.2) is 9.84 Å². The third-order valence-electron chi connectivity index (χ3n) is 2.98. The number of sulfone groups is 1. The predicted molar refractivity (Wildman–Crippen MR) is 64.2 cm³/mol. The number of carbonyl (C=O) groups excluding carboxylic acids is 1. The van der Waals surface area contributed by atoms with Crippen molar-refractivity contribution in [3.63, 3.8) is 0 Å². The van der Waals surface area contributed by atoms with Gasteiger partial charge in [-0.1, -0.05) is 6.07 Å². The minimum absolute atomic E-state index is 0.135. The molecule has 1 unspecified atom stereocenters. The van der Waals surface area contributed by atoms with Crippen LogP contribution in [0.2, 0.25) is 0 Å². The zero-order valence-electron chi connectivity index (χ0n) is 9.73. The average molecular weight is 271 g/mol. The van der Waals surface area contributed by atoms with E-state index in [2.05, 4.69) is 5.32 Å². The molecule has 1 fully saturated rings. The maximum absolute atomic E-state index is 13.1. The van der Waals surface area contributed by atoms with Crippen molar-refractivity contribution in [2.45, 2.75) is 29.4 Å². The van der Waals surface area contributed by atoms with Crippen LogP contribution in [0.3, 0.4) is 0 Å². The minimum atomic E-state index is -3.81. The molecule has 0 spiro atoms. The molecular weight excluding hydrogens is 257 g/mol. The lowest BCUT2D eigenvalue weighted by atomic mass is 10.2. The molecule has 0 aliphatic carbocycles. The highest BCUT2D eigenvalue weighted by atomic mass is 32.2. The van der Waals surface area contributed by atoms with Crippen molar-refractivity contribution in [1.82, 2.24) is 5.32 Å². The van der Waals surface area contributed by atoms with Crippen molar-refractivity contribution in [3.05, 3.63) is 30.1 Å². The van der Waals surface area contributed by atoms with E-state index in [1.54, 1.807) is 0 Å². The Morgan fingerprint density at radius 3 is 2.78 bits per heavy atom. The largest absolute Gasteiger partial charge is 0.355 e. The van der Waals surface area contributed by atoms with Gasteiger partial charge in [-0.15, -0.1) is 0 Å². The second-order valence-corrected chi connectivity index (χ2v) is 6.41. The Morgan fingerprint density at radius 1 is 1.28 bits per heavy atom. The van der Waals surface area contributed by atoms with E-state index in [1.165, 1.54) is 18.2 Å². The van der Waals surface area contributed by atoms with Gasteiger partial charge < -0.3 is 5.32 Å². The fourth-order valence-electron chi connectivity index (χ4n) is 2.02. The first kappa shape index (κ1) is 13.0. The third-order valence-corrected chi connectivity index (χ3v) is 5.09. The average Bonchev–Trinajstić information content (AvgIpc) is 2.54. The summed E-state index contributed by atoms with van der Waals surface area (Å²) in [6, 6.07) is 4.77. The number of amides is 1. The maximum atomic E-state index is 13.1. The number of nitrogens with one attached hydrogen (secondary N) is 1. The Kier molecular flexibility index (Phi) is 3.65. The summed E-state index contributed by atoms with van der Waals surface area (Å²) in [4.78, 5) is 11.6. The quantitative estimate of drug-likeness (QED) is 0.881. The third kappa shape index (κ3) is 2.53. The van der Waals surface area contributed by atoms with Crippen LogP contribution in [0.25, 0.3) is 0 Å². The minimum Gasteiger partial charge on any atom is -0.355 e. The van der Waals surface area contributed by atoms with E-state index in [1.807, 2.05) is 0 Å². The van der Waals surface area contributed by atoms with Gasteiger partial charge in [0, 0.05) is 6.54 Å². The van der Waals surface area contributed by atoms with Crippen LogP contribution in [0.4, 0.5) is 4.39 Å². The first-order valence-corrected chi connectivity index (χ1v) is 7.33. The van der Waals surface area contributed by atoms with Gasteiger partial charge in [0.1, 0.15) is 11.1 Å². The fraction of sp³-hybridized carbons (Fsp3) is 0.417. The Balaban J connectivity index is 2.38. The zero-order valence-corrected chi connectivity index (χ0v) is 10.5. The Labute approximate surface area is 105 Å². The summed E-state index contributed by atoms with van der Waals surface area (Å²) in [6.45, 7) is 0.494. The van der Waals surface area contributed by atoms with Crippen LogP contribution < -0.4 is 5.32 Å². The lowest BCUT2D eigenvalue weighted by molar-refractivity contribution is -0.120. The summed E-state index contributed by atoms with van der Waals surface area (Å²) in [5.74, 6) is -1.11. The first-order chi connectivity index (χ1) is 8.51. The molecule has 98 valence electrons. The molecular formula is C12H14FNO3S. The lowest BCUT2D eigenvalue weighted by Crippen LogP contribution is -2.38. The highest BCUT2D eigenvalue weighted by Crippen LogP contribution is 2.22. The van der Waals surface area contributed by atoms with Gasteiger partial charge in [-0.25, -0.2) is 12.8 Å². The highest BCUT2D eigenvalue weighted by molar-refractivity contribution is 7.92. The van der Waals surface area contributed by atoms with Crippen molar-refractivity contribution < 1.29 is 17.6 Å². The molecule has 1 amide bonds. The second-order valence-electron chi connectivity index (χ2n) is 4.28.